The van der Waals surface area contributed by atoms with Gasteiger partial charge in [-0.3, -0.25) is 0 Å². The summed E-state index contributed by atoms with van der Waals surface area (Å²) in [7, 11) is 0. The normalized spacial score (nSPS) is 23.3. The molecule has 2 nitrogen and oxygen atoms in total. The number of allylic oxidation sites excluding steroid dienone is 1. The van der Waals surface area contributed by atoms with Crippen LogP contribution in [0.4, 0.5) is 8.78 Å². The lowest BCUT2D eigenvalue weighted by Gasteiger charge is -2.19. The Balaban J connectivity index is 2.74. The zero-order chi connectivity index (χ0) is 9.19. The molecule has 1 unspecified atom stereocenters. The molecule has 1 aliphatic heterocycles. The van der Waals surface area contributed by atoms with Gasteiger partial charge in [-0.2, -0.15) is 8.78 Å². The Morgan fingerprint density at radius 2 is 2.33 bits per heavy atom. The molecule has 0 aromatic rings. The molecule has 68 valence electrons. The molecule has 1 rings (SSSR count). The Labute approximate surface area is 69.7 Å². The Morgan fingerprint density at radius 3 is 2.83 bits per heavy atom. The van der Waals surface area contributed by atoms with Crippen molar-refractivity contribution in [3.8, 4) is 0 Å². The van der Waals surface area contributed by atoms with E-state index in [0.29, 0.717) is 6.54 Å². The van der Waals surface area contributed by atoms with Gasteiger partial charge in [0.1, 0.15) is 0 Å². The van der Waals surface area contributed by atoms with E-state index in [2.05, 4.69) is 4.74 Å². The Hall–Kier alpha value is -0.900. The highest BCUT2D eigenvalue weighted by molar-refractivity contribution is 5.14. The number of alkyl halides is 2. The summed E-state index contributed by atoms with van der Waals surface area (Å²) < 4.78 is 29.9. The highest BCUT2D eigenvalue weighted by atomic mass is 19.3. The number of nitrogens with two attached hydrogens (primary N) is 1. The maximum Gasteiger partial charge on any atom is 0.301 e. The van der Waals surface area contributed by atoms with Crippen LogP contribution in [0.3, 0.4) is 0 Å². The van der Waals surface area contributed by atoms with Gasteiger partial charge in [0.2, 0.25) is 0 Å². The summed E-state index contributed by atoms with van der Waals surface area (Å²) in [5.41, 5.74) is 5.31. The number of halogens is 2. The lowest BCUT2D eigenvalue weighted by molar-refractivity contribution is 0.0120. The van der Waals surface area contributed by atoms with E-state index < -0.39 is 5.92 Å². The number of ether oxygens (including phenoxy) is 1. The van der Waals surface area contributed by atoms with E-state index in [1.807, 2.05) is 0 Å². The molecule has 0 aromatic heterocycles. The molecular weight excluding hydrogens is 164 g/mol. The van der Waals surface area contributed by atoms with Gasteiger partial charge in [-0.05, 0) is 12.2 Å². The molecule has 0 aliphatic carbocycles. The maximum absolute atomic E-state index is 12.6. The molecule has 2 N–H and O–H groups in total. The number of hydrogen-bond acceptors (Lipinski definition) is 2. The van der Waals surface area contributed by atoms with Crippen LogP contribution in [0.15, 0.2) is 24.2 Å². The van der Waals surface area contributed by atoms with Crippen molar-refractivity contribution in [2.45, 2.75) is 12.8 Å². The first-order valence-electron chi connectivity index (χ1n) is 3.67. The molecule has 1 atom stereocenters. The van der Waals surface area contributed by atoms with E-state index >= 15 is 0 Å². The van der Waals surface area contributed by atoms with Crippen LogP contribution >= 0.6 is 0 Å². The van der Waals surface area contributed by atoms with E-state index in [1.165, 1.54) is 12.3 Å². The number of hydrogen-bond donors (Lipinski definition) is 1. The lowest BCUT2D eigenvalue weighted by Crippen LogP contribution is -2.21. The van der Waals surface area contributed by atoms with E-state index in [9.17, 15) is 8.78 Å². The van der Waals surface area contributed by atoms with Gasteiger partial charge in [-0.25, -0.2) is 0 Å². The Kier molecular flexibility index (Phi) is 2.47. The van der Waals surface area contributed by atoms with Crippen molar-refractivity contribution in [2.75, 3.05) is 6.54 Å². The maximum atomic E-state index is 12.6. The van der Waals surface area contributed by atoms with Crippen molar-refractivity contribution < 1.29 is 13.5 Å². The highest BCUT2D eigenvalue weighted by Crippen LogP contribution is 2.28. The molecule has 0 aromatic carbocycles. The second-order valence-electron chi connectivity index (χ2n) is 2.77. The molecule has 1 aliphatic rings. The second kappa shape index (κ2) is 3.23. The first kappa shape index (κ1) is 9.19. The summed E-state index contributed by atoms with van der Waals surface area (Å²) in [5, 5.41) is 0. The molecule has 1 heterocycles. The van der Waals surface area contributed by atoms with E-state index in [0.717, 1.165) is 6.92 Å². The Bertz CT molecular complexity index is 218. The molecule has 0 radical (unpaired) electrons. The van der Waals surface area contributed by atoms with E-state index in [4.69, 9.17) is 5.73 Å². The van der Waals surface area contributed by atoms with Gasteiger partial charge in [0.15, 0.2) is 5.76 Å². The lowest BCUT2D eigenvalue weighted by atomic mass is 10.1. The van der Waals surface area contributed by atoms with Crippen LogP contribution in [0.2, 0.25) is 0 Å². The summed E-state index contributed by atoms with van der Waals surface area (Å²) in [6, 6.07) is 0. The molecule has 0 saturated carbocycles. The van der Waals surface area contributed by atoms with Gasteiger partial charge in [0.05, 0.1) is 6.26 Å². The molecule has 0 fully saturated rings. The fraction of sp³-hybridized carbons (Fsp3) is 0.500. The predicted molar refractivity (Wildman–Crippen MR) is 41.5 cm³/mol. The van der Waals surface area contributed by atoms with Crippen molar-refractivity contribution in [2.24, 2.45) is 11.7 Å². The van der Waals surface area contributed by atoms with Gasteiger partial charge in [-0.15, -0.1) is 0 Å². The topological polar surface area (TPSA) is 35.2 Å². The van der Waals surface area contributed by atoms with Gasteiger partial charge < -0.3 is 10.5 Å². The van der Waals surface area contributed by atoms with Gasteiger partial charge >= 0.3 is 5.92 Å². The summed E-state index contributed by atoms with van der Waals surface area (Å²) >= 11 is 0. The number of rotatable bonds is 2. The van der Waals surface area contributed by atoms with Crippen LogP contribution in [0.25, 0.3) is 0 Å². The third-order valence-corrected chi connectivity index (χ3v) is 1.59. The van der Waals surface area contributed by atoms with Gasteiger partial charge in [-0.1, -0.05) is 0 Å². The van der Waals surface area contributed by atoms with E-state index in [1.54, 1.807) is 6.08 Å². The molecular formula is C8H11F2NO. The summed E-state index contributed by atoms with van der Waals surface area (Å²) in [6.45, 7) is 1.12. The van der Waals surface area contributed by atoms with Crippen LogP contribution in [-0.4, -0.2) is 12.5 Å². The third kappa shape index (κ3) is 2.04. The average Bonchev–Trinajstić information content (AvgIpc) is 2.03. The summed E-state index contributed by atoms with van der Waals surface area (Å²) in [4.78, 5) is 0. The third-order valence-electron chi connectivity index (χ3n) is 1.59. The zero-order valence-corrected chi connectivity index (χ0v) is 6.76. The first-order chi connectivity index (χ1) is 5.54. The van der Waals surface area contributed by atoms with Crippen LogP contribution in [-0.2, 0) is 4.74 Å². The summed E-state index contributed by atoms with van der Waals surface area (Å²) in [6.07, 6.45) is 4.25. The molecule has 0 amide bonds. The molecule has 0 saturated heterocycles. The zero-order valence-electron chi connectivity index (χ0n) is 6.76. The van der Waals surface area contributed by atoms with E-state index in [-0.39, 0.29) is 11.7 Å². The average molecular weight is 175 g/mol. The molecule has 0 spiro atoms. The van der Waals surface area contributed by atoms with Crippen LogP contribution in [0.5, 0.6) is 0 Å². The van der Waals surface area contributed by atoms with Crippen molar-refractivity contribution in [3.05, 3.63) is 24.2 Å². The van der Waals surface area contributed by atoms with Crippen molar-refractivity contribution in [1.29, 1.82) is 0 Å². The SMILES string of the molecule is CC(F)(F)C1=CC(CN)C=CO1. The second-order valence-corrected chi connectivity index (χ2v) is 2.77. The van der Waals surface area contributed by atoms with Crippen molar-refractivity contribution in [3.63, 3.8) is 0 Å². The minimum absolute atomic E-state index is 0.139. The predicted octanol–water partition coefficient (Wildman–Crippen LogP) is 1.64. The van der Waals surface area contributed by atoms with Crippen LogP contribution in [0, 0.1) is 5.92 Å². The van der Waals surface area contributed by atoms with Crippen molar-refractivity contribution in [1.82, 2.24) is 0 Å². The Morgan fingerprint density at radius 1 is 1.67 bits per heavy atom. The smallest absolute Gasteiger partial charge is 0.301 e. The fourth-order valence-corrected chi connectivity index (χ4v) is 0.899. The quantitative estimate of drug-likeness (QED) is 0.692. The van der Waals surface area contributed by atoms with Gasteiger partial charge in [0.25, 0.3) is 0 Å². The highest BCUT2D eigenvalue weighted by Gasteiger charge is 2.30. The van der Waals surface area contributed by atoms with Crippen LogP contribution in [0.1, 0.15) is 6.92 Å². The monoisotopic (exact) mass is 175 g/mol. The summed E-state index contributed by atoms with van der Waals surface area (Å²) in [5.74, 6) is -3.38. The molecule has 12 heavy (non-hydrogen) atoms. The molecule has 4 heteroatoms. The minimum Gasteiger partial charge on any atom is -0.464 e. The minimum atomic E-state index is -2.92. The largest absolute Gasteiger partial charge is 0.464 e. The van der Waals surface area contributed by atoms with Crippen molar-refractivity contribution >= 4 is 0 Å². The van der Waals surface area contributed by atoms with Gasteiger partial charge in [0, 0.05) is 19.4 Å². The molecule has 0 bridgehead atoms. The van der Waals surface area contributed by atoms with Crippen LogP contribution < -0.4 is 5.73 Å². The fourth-order valence-electron chi connectivity index (χ4n) is 0.899. The standard InChI is InChI=1S/C8H11F2NO/c1-8(9,10)7-4-6(5-11)2-3-12-7/h2-4,6H,5,11H2,1H3. The first-order valence-corrected chi connectivity index (χ1v) is 3.67.